The molecule has 0 aliphatic carbocycles. The molecular weight excluding hydrogens is 600 g/mol. The number of amides is 4. The number of unbranched alkanes of at least 4 members (excludes halogenated alkanes) is 9. The molecule has 0 bridgehead atoms. The van der Waals surface area contributed by atoms with Crippen LogP contribution in [0, 0.1) is 5.92 Å². The summed E-state index contributed by atoms with van der Waals surface area (Å²) >= 11 is 0. The third kappa shape index (κ3) is 17.1. The predicted octanol–water partition coefficient (Wildman–Crippen LogP) is 4.30. The van der Waals surface area contributed by atoms with Crippen molar-refractivity contribution in [2.24, 2.45) is 23.1 Å². The number of primary amides is 3. The van der Waals surface area contributed by atoms with E-state index in [9.17, 15) is 29.1 Å². The fraction of sp³-hybridized carbons (Fsp3) is 0.639. The van der Waals surface area contributed by atoms with Gasteiger partial charge in [-0.1, -0.05) is 82.4 Å². The van der Waals surface area contributed by atoms with E-state index in [1.54, 1.807) is 24.3 Å². The summed E-state index contributed by atoms with van der Waals surface area (Å²) < 4.78 is 5.66. The summed E-state index contributed by atoms with van der Waals surface area (Å²) in [6.45, 7) is 6.52. The molecule has 11 heteroatoms. The third-order valence-corrected chi connectivity index (χ3v) is 8.29. The molecule has 0 spiro atoms. The average molecular weight is 659 g/mol. The number of hydrogen-bond acceptors (Lipinski definition) is 7. The number of ether oxygens (including phenoxy) is 1. The Morgan fingerprint density at radius 1 is 0.851 bits per heavy atom. The van der Waals surface area contributed by atoms with Crippen LogP contribution in [0.5, 0.6) is 5.75 Å². The smallest absolute Gasteiger partial charge is 0.250 e. The first kappa shape index (κ1) is 41.3. The molecule has 1 rings (SSSR count). The summed E-state index contributed by atoms with van der Waals surface area (Å²) in [5.41, 5.74) is 15.7. The maximum absolute atomic E-state index is 13.5. The molecule has 8 N–H and O–H groups in total. The molecular formula is C36H58N4O7. The molecule has 1 aromatic rings. The Kier molecular flexibility index (Phi) is 20.0. The number of benzene rings is 1. The molecule has 47 heavy (non-hydrogen) atoms. The fourth-order valence-electron chi connectivity index (χ4n) is 5.42. The van der Waals surface area contributed by atoms with Gasteiger partial charge in [-0.2, -0.15) is 0 Å². The Hall–Kier alpha value is -3.73. The van der Waals surface area contributed by atoms with E-state index in [0.29, 0.717) is 49.4 Å². The van der Waals surface area contributed by atoms with E-state index >= 15 is 0 Å². The lowest BCUT2D eigenvalue weighted by molar-refractivity contribution is -0.155. The van der Waals surface area contributed by atoms with E-state index < -0.39 is 47.6 Å². The molecule has 0 aliphatic rings. The van der Waals surface area contributed by atoms with Crippen LogP contribution in [0.15, 0.2) is 35.9 Å². The van der Waals surface area contributed by atoms with Crippen LogP contribution in [0.25, 0.3) is 0 Å². The van der Waals surface area contributed by atoms with Gasteiger partial charge in [0.05, 0.1) is 12.3 Å². The second-order valence-corrected chi connectivity index (χ2v) is 12.8. The van der Waals surface area contributed by atoms with Gasteiger partial charge in [0.25, 0.3) is 5.91 Å². The van der Waals surface area contributed by atoms with E-state index in [1.165, 1.54) is 19.3 Å². The van der Waals surface area contributed by atoms with Crippen LogP contribution in [0.1, 0.15) is 123 Å². The minimum atomic E-state index is -2.54. The maximum atomic E-state index is 13.5. The van der Waals surface area contributed by atoms with E-state index in [2.05, 4.69) is 12.2 Å². The lowest BCUT2D eigenvalue weighted by Gasteiger charge is -2.32. The molecule has 0 fully saturated rings. The second kappa shape index (κ2) is 22.7. The number of ketones is 1. The van der Waals surface area contributed by atoms with Crippen LogP contribution in [-0.2, 0) is 30.4 Å². The van der Waals surface area contributed by atoms with Gasteiger partial charge in [0.2, 0.25) is 17.7 Å². The van der Waals surface area contributed by atoms with Gasteiger partial charge in [-0.05, 0) is 56.9 Å². The number of rotatable bonds is 27. The topological polar surface area (TPSA) is 205 Å². The van der Waals surface area contributed by atoms with Crippen molar-refractivity contribution in [2.75, 3.05) is 6.61 Å². The number of Topliss-reactive ketones (excluding diaryl/α,β-unsaturated/α-hetero) is 1. The Morgan fingerprint density at radius 3 is 1.91 bits per heavy atom. The molecule has 0 unspecified atom stereocenters. The molecule has 4 amide bonds. The second-order valence-electron chi connectivity index (χ2n) is 12.8. The van der Waals surface area contributed by atoms with Crippen LogP contribution < -0.4 is 27.3 Å². The Labute approximate surface area is 280 Å². The summed E-state index contributed by atoms with van der Waals surface area (Å²) in [7, 11) is 0. The number of nitrogens with two attached hydrogens (primary N) is 3. The molecule has 1 aromatic carbocycles. The monoisotopic (exact) mass is 658 g/mol. The molecule has 264 valence electrons. The van der Waals surface area contributed by atoms with Crippen molar-refractivity contribution < 1.29 is 33.8 Å². The summed E-state index contributed by atoms with van der Waals surface area (Å²) in [5, 5.41) is 13.8. The summed E-state index contributed by atoms with van der Waals surface area (Å²) in [4.78, 5) is 62.1. The minimum Gasteiger partial charge on any atom is -0.490 e. The van der Waals surface area contributed by atoms with Crippen molar-refractivity contribution in [3.05, 3.63) is 41.5 Å². The highest BCUT2D eigenvalue weighted by molar-refractivity contribution is 5.96. The van der Waals surface area contributed by atoms with Gasteiger partial charge >= 0.3 is 0 Å². The van der Waals surface area contributed by atoms with E-state index in [4.69, 9.17) is 21.9 Å². The lowest BCUT2D eigenvalue weighted by atomic mass is 9.79. The van der Waals surface area contributed by atoms with Crippen molar-refractivity contribution in [2.45, 2.75) is 135 Å². The zero-order valence-corrected chi connectivity index (χ0v) is 28.7. The normalized spacial score (nSPS) is 13.5. The van der Waals surface area contributed by atoms with Crippen LogP contribution in [0.4, 0.5) is 0 Å². The van der Waals surface area contributed by atoms with Crippen LogP contribution in [0.2, 0.25) is 0 Å². The summed E-state index contributed by atoms with van der Waals surface area (Å²) in [6.07, 6.45) is 12.6. The van der Waals surface area contributed by atoms with E-state index in [-0.39, 0.29) is 12.8 Å². The largest absolute Gasteiger partial charge is 0.490 e. The molecule has 0 heterocycles. The molecule has 11 nitrogen and oxygen atoms in total. The standard InChI is InChI=1S/C36H58N4O7/c1-4-5-6-9-12-15-28(41)16-13-10-7-8-11-14-17-30(36(46,35(39)45)25-32(37)42)34(44)40-31(33(38)43)24-27-18-20-29(21-19-27)47-23-22-26(2)3/h18-22,30-31,46H,4-17,23-25H2,1-3H3,(H2,37,42)(H2,38,43)(H2,39,45)(H,40,44)/t30-,31+,36+/m1/s1. The first-order chi connectivity index (χ1) is 22.3. The lowest BCUT2D eigenvalue weighted by Crippen LogP contribution is -2.59. The summed E-state index contributed by atoms with van der Waals surface area (Å²) in [6, 6.07) is 5.81. The Morgan fingerprint density at radius 2 is 1.40 bits per heavy atom. The van der Waals surface area contributed by atoms with Crippen molar-refractivity contribution in [3.8, 4) is 5.75 Å². The number of allylic oxidation sites excluding steroid dienone is 1. The van der Waals surface area contributed by atoms with E-state index in [1.807, 2.05) is 19.9 Å². The van der Waals surface area contributed by atoms with Crippen LogP contribution in [-0.4, -0.2) is 52.8 Å². The van der Waals surface area contributed by atoms with Gasteiger partial charge in [0.15, 0.2) is 5.60 Å². The minimum absolute atomic E-state index is 0.0261. The quantitative estimate of drug-likeness (QED) is 0.0684. The van der Waals surface area contributed by atoms with Gasteiger partial charge in [-0.15, -0.1) is 0 Å². The molecule has 0 saturated carbocycles. The fourth-order valence-corrected chi connectivity index (χ4v) is 5.42. The van der Waals surface area contributed by atoms with Gasteiger partial charge in [-0.25, -0.2) is 0 Å². The predicted molar refractivity (Wildman–Crippen MR) is 183 cm³/mol. The maximum Gasteiger partial charge on any atom is 0.250 e. The SMILES string of the molecule is CCCCCCCC(=O)CCCCCCCC[C@H](C(=O)N[C@@H](Cc1ccc(OCC=C(C)C)cc1)C(N)=O)[C@@](O)(CC(N)=O)C(N)=O. The van der Waals surface area contributed by atoms with Crippen LogP contribution >= 0.6 is 0 Å². The number of hydrogen-bond donors (Lipinski definition) is 5. The zero-order valence-electron chi connectivity index (χ0n) is 28.7. The molecule has 0 radical (unpaired) electrons. The number of carbonyl (C=O) groups is 5. The number of aliphatic hydroxyl groups is 1. The van der Waals surface area contributed by atoms with Gasteiger partial charge in [0, 0.05) is 19.3 Å². The molecule has 0 saturated heterocycles. The van der Waals surface area contributed by atoms with Crippen molar-refractivity contribution in [1.29, 1.82) is 0 Å². The number of nitrogens with one attached hydrogen (secondary N) is 1. The third-order valence-electron chi connectivity index (χ3n) is 8.29. The average Bonchev–Trinajstić information content (AvgIpc) is 2.99. The Balaban J connectivity index is 2.76. The Bertz CT molecular complexity index is 1160. The van der Waals surface area contributed by atoms with Crippen molar-refractivity contribution in [3.63, 3.8) is 0 Å². The highest BCUT2D eigenvalue weighted by atomic mass is 16.5. The van der Waals surface area contributed by atoms with E-state index in [0.717, 1.165) is 44.1 Å². The van der Waals surface area contributed by atoms with Gasteiger partial charge in [-0.3, -0.25) is 24.0 Å². The molecule has 0 aliphatic heterocycles. The van der Waals surface area contributed by atoms with Crippen LogP contribution in [0.3, 0.4) is 0 Å². The summed E-state index contributed by atoms with van der Waals surface area (Å²) in [5.74, 6) is -4.39. The molecule has 3 atom stereocenters. The van der Waals surface area contributed by atoms with Gasteiger partial charge in [0.1, 0.15) is 24.2 Å². The first-order valence-corrected chi connectivity index (χ1v) is 17.1. The highest BCUT2D eigenvalue weighted by Crippen LogP contribution is 2.28. The van der Waals surface area contributed by atoms with Gasteiger partial charge < -0.3 is 32.4 Å². The first-order valence-electron chi connectivity index (χ1n) is 17.1. The zero-order chi connectivity index (χ0) is 35.2. The highest BCUT2D eigenvalue weighted by Gasteiger charge is 2.47. The number of carbonyl (C=O) groups excluding carboxylic acids is 5. The van der Waals surface area contributed by atoms with Crippen molar-refractivity contribution >= 4 is 29.4 Å². The molecule has 0 aromatic heterocycles. The van der Waals surface area contributed by atoms with Crippen molar-refractivity contribution in [1.82, 2.24) is 5.32 Å².